The van der Waals surface area contributed by atoms with Gasteiger partial charge in [-0.25, -0.2) is 0 Å². The predicted octanol–water partition coefficient (Wildman–Crippen LogP) is 2.83. The van der Waals surface area contributed by atoms with Gasteiger partial charge in [-0.1, -0.05) is 12.1 Å². The summed E-state index contributed by atoms with van der Waals surface area (Å²) < 4.78 is 39.0. The van der Waals surface area contributed by atoms with E-state index in [2.05, 4.69) is 48.2 Å². The molecule has 2 nitrogen and oxygen atoms in total. The Morgan fingerprint density at radius 3 is 1.56 bits per heavy atom. The van der Waals surface area contributed by atoms with E-state index in [1.165, 1.54) is 11.4 Å². The average molecular weight is 235 g/mol. The van der Waals surface area contributed by atoms with Crippen LogP contribution in [0, 0.1) is 0 Å². The zero-order chi connectivity index (χ0) is 12.3. The summed E-state index contributed by atoms with van der Waals surface area (Å²) >= 11 is 0. The summed E-state index contributed by atoms with van der Waals surface area (Å²) in [5.74, 6) is 0. The lowest BCUT2D eigenvalue weighted by atomic mass is 10.3. The average Bonchev–Trinajstić information content (AvgIpc) is 2.41. The van der Waals surface area contributed by atoms with Gasteiger partial charge in [-0.15, -0.1) is 0 Å². The number of hydrogen-bond acceptors (Lipinski definition) is 2. The Hall–Kier alpha value is -1.40. The van der Waals surface area contributed by atoms with Crippen LogP contribution in [0.3, 0.4) is 0 Å². The summed E-state index contributed by atoms with van der Waals surface area (Å²) in [6, 6.07) is 8.46. The maximum absolute atomic E-state index is 9.75. The van der Waals surface area contributed by atoms with E-state index in [4.69, 9.17) is 0 Å². The molecule has 0 bridgehead atoms. The molecule has 0 spiro atoms. The van der Waals surface area contributed by atoms with Gasteiger partial charge >= 0.3 is 7.25 Å². The molecule has 0 fully saturated rings. The topological polar surface area (TPSA) is 6.48 Å². The molecule has 0 saturated carbocycles. The summed E-state index contributed by atoms with van der Waals surface area (Å²) in [4.78, 5) is 4.49. The molecule has 0 saturated heterocycles. The first-order chi connectivity index (χ1) is 7.29. The Morgan fingerprint density at radius 2 is 1.25 bits per heavy atom. The first-order valence-electron chi connectivity index (χ1n) is 4.67. The highest BCUT2D eigenvalue weighted by Gasteiger charge is 2.20. The quantitative estimate of drug-likeness (QED) is 0.503. The maximum Gasteiger partial charge on any atom is 0.673 e. The van der Waals surface area contributed by atoms with Gasteiger partial charge in [0.25, 0.3) is 0 Å². The third-order valence-corrected chi connectivity index (χ3v) is 2.13. The lowest BCUT2D eigenvalue weighted by Crippen LogP contribution is -2.23. The molecule has 1 heterocycles. The second-order valence-corrected chi connectivity index (χ2v) is 3.52. The van der Waals surface area contributed by atoms with Crippen molar-refractivity contribution in [2.45, 2.75) is 0 Å². The molecule has 0 radical (unpaired) electrons. The normalized spacial score (nSPS) is 14.4. The molecular formula is C9H12BF4N2-. The predicted molar refractivity (Wildman–Crippen MR) is 58.3 cm³/mol. The molecule has 1 aromatic carbocycles. The molecule has 2 rings (SSSR count). The maximum atomic E-state index is 9.75. The number of nitrogens with zero attached hydrogens (tertiary/aromatic N) is 2. The number of halogens is 4. The lowest BCUT2D eigenvalue weighted by Gasteiger charge is -2.11. The SMILES string of the molecule is CN1CN(C)c2ccccc21.F[B-](F)(F)F. The van der Waals surface area contributed by atoms with Crippen LogP contribution in [-0.2, 0) is 0 Å². The highest BCUT2D eigenvalue weighted by molar-refractivity contribution is 6.50. The number of rotatable bonds is 0. The first kappa shape index (κ1) is 12.7. The summed E-state index contributed by atoms with van der Waals surface area (Å²) in [5, 5.41) is 0. The number of fused-ring (bicyclic) bond motifs is 1. The molecule has 0 amide bonds. The van der Waals surface area contributed by atoms with Crippen molar-refractivity contribution >= 4 is 18.6 Å². The monoisotopic (exact) mass is 235 g/mol. The van der Waals surface area contributed by atoms with Gasteiger partial charge in [0.2, 0.25) is 0 Å². The van der Waals surface area contributed by atoms with Crippen molar-refractivity contribution in [1.82, 2.24) is 0 Å². The van der Waals surface area contributed by atoms with E-state index >= 15 is 0 Å². The van der Waals surface area contributed by atoms with Crippen LogP contribution in [0.4, 0.5) is 28.6 Å². The zero-order valence-corrected chi connectivity index (χ0v) is 9.00. The second-order valence-electron chi connectivity index (χ2n) is 3.52. The summed E-state index contributed by atoms with van der Waals surface area (Å²) in [5.41, 5.74) is 2.66. The third kappa shape index (κ3) is 3.64. The zero-order valence-electron chi connectivity index (χ0n) is 9.00. The Kier molecular flexibility index (Phi) is 3.67. The van der Waals surface area contributed by atoms with E-state index < -0.39 is 7.25 Å². The van der Waals surface area contributed by atoms with Crippen molar-refractivity contribution < 1.29 is 17.3 Å². The molecule has 0 aromatic heterocycles. The van der Waals surface area contributed by atoms with Gasteiger partial charge in [0.1, 0.15) is 0 Å². The summed E-state index contributed by atoms with van der Waals surface area (Å²) in [6.45, 7) is 0.999. The number of anilines is 2. The van der Waals surface area contributed by atoms with Gasteiger partial charge in [0.15, 0.2) is 0 Å². The molecule has 90 valence electrons. The molecule has 0 atom stereocenters. The summed E-state index contributed by atoms with van der Waals surface area (Å²) in [7, 11) is -1.77. The molecule has 0 N–H and O–H groups in total. The number of hydrogen-bond donors (Lipinski definition) is 0. The van der Waals surface area contributed by atoms with Gasteiger partial charge in [-0.05, 0) is 12.1 Å². The largest absolute Gasteiger partial charge is 0.673 e. The van der Waals surface area contributed by atoms with Crippen molar-refractivity contribution in [3.63, 3.8) is 0 Å². The van der Waals surface area contributed by atoms with Crippen molar-refractivity contribution in [1.29, 1.82) is 0 Å². The van der Waals surface area contributed by atoms with Gasteiger partial charge in [0, 0.05) is 14.1 Å². The van der Waals surface area contributed by atoms with Crippen LogP contribution < -0.4 is 9.80 Å². The van der Waals surface area contributed by atoms with Crippen molar-refractivity contribution in [2.24, 2.45) is 0 Å². The van der Waals surface area contributed by atoms with E-state index in [9.17, 15) is 17.3 Å². The Labute approximate surface area is 91.6 Å². The van der Waals surface area contributed by atoms with E-state index in [1.54, 1.807) is 0 Å². The van der Waals surface area contributed by atoms with Gasteiger partial charge in [-0.2, -0.15) is 0 Å². The second kappa shape index (κ2) is 4.63. The molecule has 16 heavy (non-hydrogen) atoms. The van der Waals surface area contributed by atoms with Crippen LogP contribution >= 0.6 is 0 Å². The standard InChI is InChI=1S/C9H12N2.BF4/c1-10-7-11(2)9-6-4-3-5-8(9)10;2-1(3,4)5/h3-6H,7H2,1-2H3;/q;-1. The fourth-order valence-electron chi connectivity index (χ4n) is 1.58. The van der Waals surface area contributed by atoms with Crippen LogP contribution in [0.5, 0.6) is 0 Å². The molecule has 1 aliphatic rings. The van der Waals surface area contributed by atoms with Crippen molar-refractivity contribution in [3.05, 3.63) is 24.3 Å². The molecule has 0 unspecified atom stereocenters. The van der Waals surface area contributed by atoms with E-state index in [-0.39, 0.29) is 0 Å². The first-order valence-corrected chi connectivity index (χ1v) is 4.67. The minimum absolute atomic E-state index is 0.999. The van der Waals surface area contributed by atoms with Crippen molar-refractivity contribution in [2.75, 3.05) is 30.6 Å². The number of benzene rings is 1. The fraction of sp³-hybridized carbons (Fsp3) is 0.333. The van der Waals surface area contributed by atoms with Gasteiger partial charge in [-0.3, -0.25) is 0 Å². The molecule has 7 heteroatoms. The van der Waals surface area contributed by atoms with Gasteiger partial charge < -0.3 is 27.1 Å². The Morgan fingerprint density at radius 1 is 0.938 bits per heavy atom. The highest BCUT2D eigenvalue weighted by atomic mass is 19.5. The fourth-order valence-corrected chi connectivity index (χ4v) is 1.58. The number of para-hydroxylation sites is 2. The smallest absolute Gasteiger partial charge is 0.418 e. The van der Waals surface area contributed by atoms with Crippen LogP contribution in [0.1, 0.15) is 0 Å². The van der Waals surface area contributed by atoms with E-state index in [0.29, 0.717) is 0 Å². The van der Waals surface area contributed by atoms with E-state index in [0.717, 1.165) is 6.67 Å². The molecule has 1 aliphatic heterocycles. The minimum Gasteiger partial charge on any atom is -0.418 e. The highest BCUT2D eigenvalue weighted by Crippen LogP contribution is 2.32. The molecular weight excluding hydrogens is 223 g/mol. The van der Waals surface area contributed by atoms with Crippen LogP contribution in [-0.4, -0.2) is 28.0 Å². The van der Waals surface area contributed by atoms with Crippen LogP contribution in [0.15, 0.2) is 24.3 Å². The summed E-state index contributed by atoms with van der Waals surface area (Å²) in [6.07, 6.45) is 0. The van der Waals surface area contributed by atoms with Crippen LogP contribution in [0.25, 0.3) is 0 Å². The molecule has 0 aliphatic carbocycles. The minimum atomic E-state index is -6.00. The van der Waals surface area contributed by atoms with Gasteiger partial charge in [0.05, 0.1) is 18.0 Å². The molecule has 1 aromatic rings. The Balaban J connectivity index is 0.000000221. The third-order valence-electron chi connectivity index (χ3n) is 2.13. The lowest BCUT2D eigenvalue weighted by molar-refractivity contribution is 0.368. The van der Waals surface area contributed by atoms with Crippen LogP contribution in [0.2, 0.25) is 0 Å². The van der Waals surface area contributed by atoms with Crippen molar-refractivity contribution in [3.8, 4) is 0 Å². The van der Waals surface area contributed by atoms with E-state index in [1.807, 2.05) is 0 Å². The Bertz CT molecular complexity index is 323.